The highest BCUT2D eigenvalue weighted by atomic mass is 35.5. The highest BCUT2D eigenvalue weighted by molar-refractivity contribution is 6.17. The molecule has 60 valence electrons. The maximum absolute atomic E-state index is 5.57. The van der Waals surface area contributed by atoms with Gasteiger partial charge in [0.25, 0.3) is 0 Å². The molecule has 0 aliphatic carbocycles. The summed E-state index contributed by atoms with van der Waals surface area (Å²) < 4.78 is 0. The lowest BCUT2D eigenvalue weighted by Crippen LogP contribution is -1.84. The minimum Gasteiger partial charge on any atom is -0.127 e. The van der Waals surface area contributed by atoms with E-state index in [4.69, 9.17) is 11.6 Å². The lowest BCUT2D eigenvalue weighted by Gasteiger charge is -1.97. The van der Waals surface area contributed by atoms with Gasteiger partial charge in [0.2, 0.25) is 0 Å². The van der Waals surface area contributed by atoms with Gasteiger partial charge < -0.3 is 0 Å². The number of rotatable bonds is 4. The molecule has 0 spiro atoms. The van der Waals surface area contributed by atoms with Gasteiger partial charge in [0.1, 0.15) is 0 Å². The Morgan fingerprint density at radius 3 is 2.36 bits per heavy atom. The monoisotopic (exact) mass is 168 g/mol. The summed E-state index contributed by atoms with van der Waals surface area (Å²) in [6, 6.07) is 10.5. The molecule has 0 saturated carbocycles. The van der Waals surface area contributed by atoms with Crippen molar-refractivity contribution in [2.45, 2.75) is 19.3 Å². The van der Waals surface area contributed by atoms with E-state index in [1.165, 1.54) is 12.0 Å². The molecule has 0 aromatic heterocycles. The Hall–Kier alpha value is -0.490. The number of aryl methyl sites for hydroxylation is 1. The van der Waals surface area contributed by atoms with E-state index in [1.807, 2.05) is 6.07 Å². The van der Waals surface area contributed by atoms with Crippen molar-refractivity contribution in [3.8, 4) is 0 Å². The molecule has 0 aliphatic heterocycles. The van der Waals surface area contributed by atoms with E-state index in [0.717, 1.165) is 18.7 Å². The fourth-order valence-corrected chi connectivity index (χ4v) is 1.26. The van der Waals surface area contributed by atoms with Crippen molar-refractivity contribution in [1.29, 1.82) is 0 Å². The molecule has 0 unspecified atom stereocenters. The van der Waals surface area contributed by atoms with Crippen LogP contribution in [0.15, 0.2) is 30.3 Å². The molecule has 1 aromatic rings. The summed E-state index contributed by atoms with van der Waals surface area (Å²) in [6.45, 7) is 0. The zero-order chi connectivity index (χ0) is 7.94. The Labute approximate surface area is 73.2 Å². The van der Waals surface area contributed by atoms with Gasteiger partial charge in [-0.15, -0.1) is 11.6 Å². The smallest absolute Gasteiger partial charge is 0.0223 e. The average Bonchev–Trinajstić information content (AvgIpc) is 2.07. The van der Waals surface area contributed by atoms with E-state index < -0.39 is 0 Å². The molecule has 0 bridgehead atoms. The van der Waals surface area contributed by atoms with Crippen LogP contribution in [0.5, 0.6) is 0 Å². The maximum Gasteiger partial charge on any atom is 0.0223 e. The molecule has 0 fully saturated rings. The molecule has 0 radical (unpaired) electrons. The van der Waals surface area contributed by atoms with Crippen molar-refractivity contribution in [2.75, 3.05) is 5.88 Å². The zero-order valence-corrected chi connectivity index (χ0v) is 7.35. The van der Waals surface area contributed by atoms with Crippen molar-refractivity contribution in [3.63, 3.8) is 0 Å². The number of hydrogen-bond acceptors (Lipinski definition) is 0. The summed E-state index contributed by atoms with van der Waals surface area (Å²) in [7, 11) is 0. The minimum absolute atomic E-state index is 0.785. The molecule has 11 heavy (non-hydrogen) atoms. The second-order valence-corrected chi connectivity index (χ2v) is 3.01. The normalized spacial score (nSPS) is 9.91. The molecule has 0 atom stereocenters. The Balaban J connectivity index is 2.28. The Morgan fingerprint density at radius 1 is 1.00 bits per heavy atom. The van der Waals surface area contributed by atoms with Crippen molar-refractivity contribution in [2.24, 2.45) is 0 Å². The lowest BCUT2D eigenvalue weighted by molar-refractivity contribution is 0.800. The van der Waals surface area contributed by atoms with E-state index in [9.17, 15) is 0 Å². The van der Waals surface area contributed by atoms with Gasteiger partial charge in [0, 0.05) is 5.88 Å². The molecular formula is C10H13Cl. The lowest BCUT2D eigenvalue weighted by atomic mass is 10.1. The Bertz CT molecular complexity index is 181. The van der Waals surface area contributed by atoms with Gasteiger partial charge in [0.05, 0.1) is 0 Å². The maximum atomic E-state index is 5.57. The van der Waals surface area contributed by atoms with Crippen LogP contribution < -0.4 is 0 Å². The summed E-state index contributed by atoms with van der Waals surface area (Å²) in [5.41, 5.74) is 1.41. The third kappa shape index (κ3) is 3.43. The van der Waals surface area contributed by atoms with Gasteiger partial charge in [-0.1, -0.05) is 30.3 Å². The third-order valence-electron chi connectivity index (χ3n) is 1.69. The summed E-state index contributed by atoms with van der Waals surface area (Å²) in [6.07, 6.45) is 3.48. The van der Waals surface area contributed by atoms with Crippen LogP contribution in [0, 0.1) is 0 Å². The van der Waals surface area contributed by atoms with E-state index in [-0.39, 0.29) is 0 Å². The van der Waals surface area contributed by atoms with Crippen molar-refractivity contribution in [3.05, 3.63) is 35.9 Å². The summed E-state index contributed by atoms with van der Waals surface area (Å²) >= 11 is 5.57. The van der Waals surface area contributed by atoms with Crippen LogP contribution in [-0.4, -0.2) is 5.88 Å². The Kier molecular flexibility index (Phi) is 4.07. The first-order valence-electron chi connectivity index (χ1n) is 4.03. The first kappa shape index (κ1) is 8.61. The van der Waals surface area contributed by atoms with E-state index in [0.29, 0.717) is 0 Å². The number of halogens is 1. The van der Waals surface area contributed by atoms with Gasteiger partial charge in [-0.25, -0.2) is 0 Å². The number of unbranched alkanes of at least 4 members (excludes halogenated alkanes) is 1. The molecule has 0 nitrogen and oxygen atoms in total. The summed E-state index contributed by atoms with van der Waals surface area (Å²) in [5, 5.41) is 0. The van der Waals surface area contributed by atoms with Crippen LogP contribution in [0.3, 0.4) is 0 Å². The van der Waals surface area contributed by atoms with Gasteiger partial charge in [-0.2, -0.15) is 0 Å². The molecule has 0 aliphatic rings. The molecular weight excluding hydrogens is 156 g/mol. The van der Waals surface area contributed by atoms with Gasteiger partial charge in [0.15, 0.2) is 0 Å². The zero-order valence-electron chi connectivity index (χ0n) is 6.59. The largest absolute Gasteiger partial charge is 0.127 e. The van der Waals surface area contributed by atoms with Crippen LogP contribution in [0.25, 0.3) is 0 Å². The molecule has 0 amide bonds. The van der Waals surface area contributed by atoms with Crippen LogP contribution in [-0.2, 0) is 6.42 Å². The molecule has 0 saturated heterocycles. The van der Waals surface area contributed by atoms with E-state index in [2.05, 4.69) is 24.3 Å². The quantitative estimate of drug-likeness (QED) is 0.478. The van der Waals surface area contributed by atoms with Gasteiger partial charge >= 0.3 is 0 Å². The van der Waals surface area contributed by atoms with E-state index >= 15 is 0 Å². The fourth-order valence-electron chi connectivity index (χ4n) is 1.07. The van der Waals surface area contributed by atoms with E-state index in [1.54, 1.807) is 0 Å². The number of benzene rings is 1. The first-order valence-corrected chi connectivity index (χ1v) is 4.57. The molecule has 0 N–H and O–H groups in total. The van der Waals surface area contributed by atoms with Crippen molar-refractivity contribution >= 4 is 11.6 Å². The molecule has 1 aromatic carbocycles. The highest BCUT2D eigenvalue weighted by Crippen LogP contribution is 2.04. The fraction of sp³-hybridized carbons (Fsp3) is 0.400. The third-order valence-corrected chi connectivity index (χ3v) is 1.96. The van der Waals surface area contributed by atoms with Crippen LogP contribution in [0.1, 0.15) is 18.4 Å². The predicted molar refractivity (Wildman–Crippen MR) is 50.1 cm³/mol. The van der Waals surface area contributed by atoms with Gasteiger partial charge in [-0.3, -0.25) is 0 Å². The highest BCUT2D eigenvalue weighted by Gasteiger charge is 1.89. The topological polar surface area (TPSA) is 0 Å². The molecule has 0 heterocycles. The summed E-state index contributed by atoms with van der Waals surface area (Å²) in [4.78, 5) is 0. The minimum atomic E-state index is 0.785. The SMILES string of the molecule is ClCCCCc1ccccc1. The first-order chi connectivity index (χ1) is 5.43. The van der Waals surface area contributed by atoms with Crippen LogP contribution in [0.4, 0.5) is 0 Å². The van der Waals surface area contributed by atoms with Crippen molar-refractivity contribution in [1.82, 2.24) is 0 Å². The van der Waals surface area contributed by atoms with Crippen LogP contribution >= 0.6 is 11.6 Å². The average molecular weight is 169 g/mol. The van der Waals surface area contributed by atoms with Gasteiger partial charge in [-0.05, 0) is 24.8 Å². The molecule has 1 rings (SSSR count). The number of alkyl halides is 1. The predicted octanol–water partition coefficient (Wildman–Crippen LogP) is 3.25. The van der Waals surface area contributed by atoms with Crippen LogP contribution in [0.2, 0.25) is 0 Å². The Morgan fingerprint density at radius 2 is 1.73 bits per heavy atom. The van der Waals surface area contributed by atoms with Crippen molar-refractivity contribution < 1.29 is 0 Å². The molecule has 1 heteroatoms. The standard InChI is InChI=1S/C10H13Cl/c11-9-5-4-8-10-6-2-1-3-7-10/h1-3,6-7H,4-5,8-9H2. The second kappa shape index (κ2) is 5.20. The number of hydrogen-bond donors (Lipinski definition) is 0. The summed E-state index contributed by atoms with van der Waals surface area (Å²) in [5.74, 6) is 0.785. The second-order valence-electron chi connectivity index (χ2n) is 2.63.